The van der Waals surface area contributed by atoms with E-state index in [1.165, 1.54) is 5.57 Å². The van der Waals surface area contributed by atoms with Gasteiger partial charge in [-0.15, -0.1) is 0 Å². The van der Waals surface area contributed by atoms with Crippen molar-refractivity contribution in [2.45, 2.75) is 64.4 Å². The van der Waals surface area contributed by atoms with E-state index in [0.717, 1.165) is 12.0 Å². The molecule has 5 rings (SSSR count). The highest BCUT2D eigenvalue weighted by Crippen LogP contribution is 2.66. The number of hydrogen-bond donors (Lipinski definition) is 4. The molecule has 178 valence electrons. The number of hydrogen-bond acceptors (Lipinski definition) is 4. The lowest BCUT2D eigenvalue weighted by Crippen LogP contribution is -2.58. The number of carbonyl (C=O) groups is 1. The molecule has 0 bridgehead atoms. The highest BCUT2D eigenvalue weighted by Gasteiger charge is 2.75. The summed E-state index contributed by atoms with van der Waals surface area (Å²) in [5, 5.41) is 38.0. The summed E-state index contributed by atoms with van der Waals surface area (Å²) in [7, 11) is 0. The van der Waals surface area contributed by atoms with Gasteiger partial charge >= 0.3 is 0 Å². The van der Waals surface area contributed by atoms with E-state index in [-0.39, 0.29) is 35.6 Å². The zero-order chi connectivity index (χ0) is 23.7. The van der Waals surface area contributed by atoms with E-state index in [9.17, 15) is 20.1 Å². The molecule has 11 unspecified atom stereocenters. The van der Waals surface area contributed by atoms with Crippen molar-refractivity contribution in [1.82, 2.24) is 5.32 Å². The summed E-state index contributed by atoms with van der Waals surface area (Å²) in [6.07, 6.45) is 1.63. The second kappa shape index (κ2) is 8.07. The topological polar surface area (TPSA) is 89.8 Å². The molecule has 4 aliphatic rings. The van der Waals surface area contributed by atoms with Gasteiger partial charge in [-0.2, -0.15) is 0 Å². The van der Waals surface area contributed by atoms with Gasteiger partial charge in [-0.3, -0.25) is 4.79 Å². The van der Waals surface area contributed by atoms with E-state index in [0.29, 0.717) is 24.3 Å². The molecule has 1 aromatic rings. The van der Waals surface area contributed by atoms with Gasteiger partial charge in [0.05, 0.1) is 23.7 Å². The molecule has 0 radical (unpaired) electrons. The first-order chi connectivity index (χ1) is 15.7. The lowest BCUT2D eigenvalue weighted by Gasteiger charge is -2.50. The standard InChI is InChI=1S/C28H37NO4/c1-14-10-15(2)12-21(30)22-19(11-14)26(32)28-23(16(3)17(4)25(31)24(22)28)20(29-27(28)33)13-18-8-6-5-7-9-18/h5-9,11,15-16,19-26,30-32H,4,10,12-13H2,1-3H3,(H,29,33). The Hall–Kier alpha value is -1.95. The monoisotopic (exact) mass is 451 g/mol. The molecule has 0 aromatic heterocycles. The van der Waals surface area contributed by atoms with Crippen LogP contribution in [0.3, 0.4) is 0 Å². The fraction of sp³-hybridized carbons (Fsp3) is 0.607. The van der Waals surface area contributed by atoms with Crippen molar-refractivity contribution in [3.05, 3.63) is 59.7 Å². The molecule has 5 heteroatoms. The van der Waals surface area contributed by atoms with Gasteiger partial charge in [-0.05, 0) is 49.2 Å². The highest BCUT2D eigenvalue weighted by atomic mass is 16.3. The molecule has 1 amide bonds. The van der Waals surface area contributed by atoms with Gasteiger partial charge in [-0.25, -0.2) is 0 Å². The van der Waals surface area contributed by atoms with Crippen LogP contribution in [0.2, 0.25) is 0 Å². The molecule has 33 heavy (non-hydrogen) atoms. The van der Waals surface area contributed by atoms with Gasteiger partial charge in [-0.1, -0.05) is 62.4 Å². The van der Waals surface area contributed by atoms with Crippen molar-refractivity contribution in [2.75, 3.05) is 0 Å². The number of amides is 1. The molecular weight excluding hydrogens is 414 g/mol. The largest absolute Gasteiger partial charge is 0.393 e. The van der Waals surface area contributed by atoms with E-state index in [1.807, 2.05) is 25.1 Å². The predicted molar refractivity (Wildman–Crippen MR) is 127 cm³/mol. The molecule has 1 spiro atoms. The number of allylic oxidation sites excluding steroid dienone is 1. The van der Waals surface area contributed by atoms with Crippen LogP contribution < -0.4 is 5.32 Å². The van der Waals surface area contributed by atoms with Crippen molar-refractivity contribution < 1.29 is 20.1 Å². The Labute approximate surface area is 196 Å². The maximum absolute atomic E-state index is 13.9. The fourth-order valence-electron chi connectivity index (χ4n) is 8.16. The summed E-state index contributed by atoms with van der Waals surface area (Å²) in [5.74, 6) is -1.53. The number of fused-ring (bicyclic) bond motifs is 2. The van der Waals surface area contributed by atoms with Crippen LogP contribution in [0.5, 0.6) is 0 Å². The minimum absolute atomic E-state index is 0.135. The first-order valence-corrected chi connectivity index (χ1v) is 12.4. The third kappa shape index (κ3) is 3.19. The van der Waals surface area contributed by atoms with Gasteiger partial charge in [0.2, 0.25) is 5.91 Å². The Kier molecular flexibility index (Phi) is 5.58. The minimum Gasteiger partial charge on any atom is -0.393 e. The Morgan fingerprint density at radius 1 is 1.12 bits per heavy atom. The highest BCUT2D eigenvalue weighted by molar-refractivity contribution is 5.88. The predicted octanol–water partition coefficient (Wildman–Crippen LogP) is 2.86. The third-order valence-electron chi connectivity index (χ3n) is 9.34. The normalized spacial score (nSPS) is 47.0. The van der Waals surface area contributed by atoms with E-state index >= 15 is 0 Å². The van der Waals surface area contributed by atoms with Crippen LogP contribution in [0.4, 0.5) is 0 Å². The van der Waals surface area contributed by atoms with E-state index in [4.69, 9.17) is 0 Å². The number of aliphatic hydroxyl groups is 3. The maximum atomic E-state index is 13.9. The van der Waals surface area contributed by atoms with Crippen LogP contribution in [0.15, 0.2) is 54.1 Å². The van der Waals surface area contributed by atoms with Gasteiger partial charge in [0.15, 0.2) is 0 Å². The van der Waals surface area contributed by atoms with Crippen molar-refractivity contribution >= 4 is 5.91 Å². The number of rotatable bonds is 2. The Morgan fingerprint density at radius 3 is 2.52 bits per heavy atom. The van der Waals surface area contributed by atoms with Gasteiger partial charge in [0.25, 0.3) is 0 Å². The molecule has 1 heterocycles. The summed E-state index contributed by atoms with van der Waals surface area (Å²) in [6, 6.07) is 9.92. The van der Waals surface area contributed by atoms with Crippen LogP contribution in [-0.2, 0) is 11.2 Å². The SMILES string of the molecule is C=C1C(C)C2C(Cc3ccccc3)NC(=O)C23C(O)C2C=C(C)CC(C)CC(O)C2C3C1O. The lowest BCUT2D eigenvalue weighted by molar-refractivity contribution is -0.150. The molecule has 1 aromatic carbocycles. The zero-order valence-corrected chi connectivity index (χ0v) is 19.8. The molecule has 11 atom stereocenters. The smallest absolute Gasteiger partial charge is 0.229 e. The second-order valence-corrected chi connectivity index (χ2v) is 11.3. The molecule has 3 fully saturated rings. The number of aliphatic hydroxyl groups excluding tert-OH is 3. The summed E-state index contributed by atoms with van der Waals surface area (Å²) in [5.41, 5.74) is 1.88. The summed E-state index contributed by atoms with van der Waals surface area (Å²) in [6.45, 7) is 10.5. The zero-order valence-electron chi connectivity index (χ0n) is 19.8. The van der Waals surface area contributed by atoms with Crippen LogP contribution in [0, 0.1) is 40.9 Å². The maximum Gasteiger partial charge on any atom is 0.229 e. The minimum atomic E-state index is -1.14. The van der Waals surface area contributed by atoms with Crippen LogP contribution in [0.1, 0.15) is 39.2 Å². The van der Waals surface area contributed by atoms with Crippen LogP contribution in [0.25, 0.3) is 0 Å². The van der Waals surface area contributed by atoms with Gasteiger partial charge in [0.1, 0.15) is 0 Å². The van der Waals surface area contributed by atoms with Crippen molar-refractivity contribution in [1.29, 1.82) is 0 Å². The van der Waals surface area contributed by atoms with E-state index < -0.39 is 29.6 Å². The quantitative estimate of drug-likeness (QED) is 0.521. The average Bonchev–Trinajstić information content (AvgIpc) is 3.18. The molecular formula is C28H37NO4. The van der Waals surface area contributed by atoms with Crippen molar-refractivity contribution in [2.24, 2.45) is 40.9 Å². The Bertz CT molecular complexity index is 973. The summed E-state index contributed by atoms with van der Waals surface area (Å²) < 4.78 is 0. The number of nitrogens with one attached hydrogen (secondary N) is 1. The van der Waals surface area contributed by atoms with Gasteiger partial charge in [0, 0.05) is 29.7 Å². The first kappa shape index (κ1) is 22.8. The molecule has 5 nitrogen and oxygen atoms in total. The number of carbonyl (C=O) groups excluding carboxylic acids is 1. The molecule has 1 saturated heterocycles. The van der Waals surface area contributed by atoms with Crippen molar-refractivity contribution in [3.8, 4) is 0 Å². The first-order valence-electron chi connectivity index (χ1n) is 12.4. The van der Waals surface area contributed by atoms with Crippen LogP contribution >= 0.6 is 0 Å². The van der Waals surface area contributed by atoms with E-state index in [1.54, 1.807) is 0 Å². The summed E-state index contributed by atoms with van der Waals surface area (Å²) in [4.78, 5) is 13.9. The molecule has 2 saturated carbocycles. The van der Waals surface area contributed by atoms with E-state index in [2.05, 4.69) is 44.0 Å². The lowest BCUT2D eigenvalue weighted by atomic mass is 9.53. The third-order valence-corrected chi connectivity index (χ3v) is 9.34. The van der Waals surface area contributed by atoms with Gasteiger partial charge < -0.3 is 20.6 Å². The fourth-order valence-corrected chi connectivity index (χ4v) is 8.16. The van der Waals surface area contributed by atoms with Crippen LogP contribution in [-0.4, -0.2) is 45.6 Å². The summed E-state index contributed by atoms with van der Waals surface area (Å²) >= 11 is 0. The number of benzene rings is 1. The Balaban J connectivity index is 1.64. The molecule has 3 aliphatic carbocycles. The molecule has 4 N–H and O–H groups in total. The second-order valence-electron chi connectivity index (χ2n) is 11.3. The Morgan fingerprint density at radius 2 is 1.82 bits per heavy atom. The average molecular weight is 452 g/mol. The molecule has 1 aliphatic heterocycles. The van der Waals surface area contributed by atoms with Crippen molar-refractivity contribution in [3.63, 3.8) is 0 Å².